The molecule has 1 fully saturated rings. The van der Waals surface area contributed by atoms with E-state index in [1.54, 1.807) is 0 Å². The highest BCUT2D eigenvalue weighted by Gasteiger charge is 2.27. The number of thioether (sulfide) groups is 1. The maximum Gasteiger partial charge on any atom is 0.164 e. The minimum Gasteiger partial charge on any atom is -0.350 e. The zero-order valence-corrected chi connectivity index (χ0v) is 13.6. The zero-order chi connectivity index (χ0) is 14.0. The van der Waals surface area contributed by atoms with Crippen molar-refractivity contribution in [3.63, 3.8) is 0 Å². The molecule has 0 radical (unpaired) electrons. The van der Waals surface area contributed by atoms with Crippen LogP contribution in [0, 0.1) is 12.8 Å². The second kappa shape index (κ2) is 6.19. The van der Waals surface area contributed by atoms with Crippen LogP contribution in [0.3, 0.4) is 0 Å². The molecule has 1 heterocycles. The van der Waals surface area contributed by atoms with E-state index in [9.17, 15) is 0 Å². The van der Waals surface area contributed by atoms with E-state index < -0.39 is 0 Å². The van der Waals surface area contributed by atoms with E-state index in [4.69, 9.17) is 16.6 Å². The van der Waals surface area contributed by atoms with Crippen molar-refractivity contribution in [3.05, 3.63) is 28.8 Å². The van der Waals surface area contributed by atoms with Crippen LogP contribution in [0.4, 0.5) is 5.69 Å². The summed E-state index contributed by atoms with van der Waals surface area (Å²) >= 11 is 7.83. The van der Waals surface area contributed by atoms with Crippen LogP contribution >= 0.6 is 23.4 Å². The molecule has 19 heavy (non-hydrogen) atoms. The molecule has 104 valence electrons. The summed E-state index contributed by atoms with van der Waals surface area (Å²) in [4.78, 5) is 7.10. The van der Waals surface area contributed by atoms with Gasteiger partial charge in [0, 0.05) is 23.9 Å². The third-order valence-corrected chi connectivity index (χ3v) is 4.80. The van der Waals surface area contributed by atoms with Crippen molar-refractivity contribution >= 4 is 34.2 Å². The fourth-order valence-electron chi connectivity index (χ4n) is 2.27. The molecule has 1 unspecified atom stereocenters. The smallest absolute Gasteiger partial charge is 0.164 e. The quantitative estimate of drug-likeness (QED) is 0.801. The van der Waals surface area contributed by atoms with Crippen molar-refractivity contribution in [1.29, 1.82) is 0 Å². The standard InChI is InChI=1S/C15H21ClN2S/c1-10(2)7-13-9-19-15(18(13)4)17-14-6-5-12(16)8-11(14)3/h5-6,8,10,13H,7,9H2,1-4H3. The Morgan fingerprint density at radius 3 is 2.84 bits per heavy atom. The van der Waals surface area contributed by atoms with Crippen LogP contribution < -0.4 is 0 Å². The Bertz CT molecular complexity index is 485. The molecule has 0 saturated carbocycles. The molecule has 2 rings (SSSR count). The molecule has 0 aromatic heterocycles. The zero-order valence-electron chi connectivity index (χ0n) is 12.0. The van der Waals surface area contributed by atoms with E-state index >= 15 is 0 Å². The molecule has 0 N–H and O–H groups in total. The molecule has 1 aromatic rings. The maximum atomic E-state index is 5.98. The Kier molecular flexibility index (Phi) is 4.80. The lowest BCUT2D eigenvalue weighted by Crippen LogP contribution is -2.30. The third kappa shape index (κ3) is 3.67. The van der Waals surface area contributed by atoms with Crippen LogP contribution in [0.2, 0.25) is 5.02 Å². The molecule has 1 aromatic carbocycles. The largest absolute Gasteiger partial charge is 0.350 e. The Hall–Kier alpha value is -0.670. The topological polar surface area (TPSA) is 15.6 Å². The number of benzene rings is 1. The number of nitrogens with zero attached hydrogens (tertiary/aromatic N) is 2. The van der Waals surface area contributed by atoms with Gasteiger partial charge in [-0.2, -0.15) is 0 Å². The van der Waals surface area contributed by atoms with Crippen molar-refractivity contribution in [2.75, 3.05) is 12.8 Å². The number of rotatable bonds is 3. The summed E-state index contributed by atoms with van der Waals surface area (Å²) in [6.45, 7) is 6.60. The van der Waals surface area contributed by atoms with Crippen LogP contribution in [0.5, 0.6) is 0 Å². The highest BCUT2D eigenvalue weighted by Crippen LogP contribution is 2.30. The van der Waals surface area contributed by atoms with Gasteiger partial charge in [-0.3, -0.25) is 0 Å². The number of hydrogen-bond acceptors (Lipinski definition) is 2. The van der Waals surface area contributed by atoms with Crippen molar-refractivity contribution in [1.82, 2.24) is 4.90 Å². The predicted molar refractivity (Wildman–Crippen MR) is 86.7 cm³/mol. The summed E-state index contributed by atoms with van der Waals surface area (Å²) in [5.41, 5.74) is 2.14. The van der Waals surface area contributed by atoms with Crippen molar-refractivity contribution < 1.29 is 0 Å². The molecular weight excluding hydrogens is 276 g/mol. The first-order valence-electron chi connectivity index (χ1n) is 6.68. The molecule has 1 aliphatic rings. The molecule has 4 heteroatoms. The van der Waals surface area contributed by atoms with Crippen LogP contribution in [-0.2, 0) is 0 Å². The molecule has 2 nitrogen and oxygen atoms in total. The number of aryl methyl sites for hydroxylation is 1. The average molecular weight is 297 g/mol. The Morgan fingerprint density at radius 1 is 1.47 bits per heavy atom. The minimum atomic E-state index is 0.608. The van der Waals surface area contributed by atoms with Gasteiger partial charge in [0.15, 0.2) is 5.17 Å². The van der Waals surface area contributed by atoms with Gasteiger partial charge in [-0.05, 0) is 43.0 Å². The summed E-state index contributed by atoms with van der Waals surface area (Å²) in [6, 6.07) is 6.47. The summed E-state index contributed by atoms with van der Waals surface area (Å²) in [5.74, 6) is 1.87. The Morgan fingerprint density at radius 2 is 2.21 bits per heavy atom. The lowest BCUT2D eigenvalue weighted by atomic mass is 10.0. The van der Waals surface area contributed by atoms with Gasteiger partial charge in [0.25, 0.3) is 0 Å². The van der Waals surface area contributed by atoms with Gasteiger partial charge in [-0.25, -0.2) is 4.99 Å². The monoisotopic (exact) mass is 296 g/mol. The normalized spacial score (nSPS) is 21.7. The molecule has 1 atom stereocenters. The molecule has 0 bridgehead atoms. The van der Waals surface area contributed by atoms with Gasteiger partial charge in [0.2, 0.25) is 0 Å². The second-order valence-electron chi connectivity index (χ2n) is 5.53. The van der Waals surface area contributed by atoms with Crippen LogP contribution in [0.1, 0.15) is 25.8 Å². The molecule has 0 aliphatic carbocycles. The summed E-state index contributed by atoms with van der Waals surface area (Å²) in [7, 11) is 2.15. The number of hydrogen-bond donors (Lipinski definition) is 0. The predicted octanol–water partition coefficient (Wildman–Crippen LogP) is 4.73. The van der Waals surface area contributed by atoms with Crippen LogP contribution in [0.15, 0.2) is 23.2 Å². The van der Waals surface area contributed by atoms with Crippen molar-refractivity contribution in [3.8, 4) is 0 Å². The van der Waals surface area contributed by atoms with E-state index in [1.165, 1.54) is 6.42 Å². The van der Waals surface area contributed by atoms with Crippen molar-refractivity contribution in [2.45, 2.75) is 33.2 Å². The number of aliphatic imine (C=N–C) groups is 1. The Balaban J connectivity index is 2.16. The van der Waals surface area contributed by atoms with Gasteiger partial charge >= 0.3 is 0 Å². The summed E-state index contributed by atoms with van der Waals surface area (Å²) in [6.07, 6.45) is 1.22. The van der Waals surface area contributed by atoms with E-state index in [2.05, 4.69) is 32.7 Å². The van der Waals surface area contributed by atoms with E-state index in [0.717, 1.165) is 33.1 Å². The van der Waals surface area contributed by atoms with Gasteiger partial charge in [0.1, 0.15) is 0 Å². The lowest BCUT2D eigenvalue weighted by Gasteiger charge is -2.22. The molecule has 0 spiro atoms. The first-order valence-corrected chi connectivity index (χ1v) is 8.04. The summed E-state index contributed by atoms with van der Waals surface area (Å²) < 4.78 is 0. The first-order chi connectivity index (χ1) is 8.97. The fraction of sp³-hybridized carbons (Fsp3) is 0.533. The van der Waals surface area contributed by atoms with Gasteiger partial charge < -0.3 is 4.90 Å². The van der Waals surface area contributed by atoms with Crippen LogP contribution in [0.25, 0.3) is 0 Å². The minimum absolute atomic E-state index is 0.608. The van der Waals surface area contributed by atoms with Crippen LogP contribution in [-0.4, -0.2) is 28.9 Å². The first kappa shape index (κ1) is 14.7. The van der Waals surface area contributed by atoms with E-state index in [1.807, 2.05) is 30.0 Å². The lowest BCUT2D eigenvalue weighted by molar-refractivity contribution is 0.351. The average Bonchev–Trinajstić information content (AvgIpc) is 2.64. The fourth-order valence-corrected chi connectivity index (χ4v) is 3.71. The molecule has 1 aliphatic heterocycles. The highest BCUT2D eigenvalue weighted by atomic mass is 35.5. The molecule has 1 saturated heterocycles. The highest BCUT2D eigenvalue weighted by molar-refractivity contribution is 8.14. The van der Waals surface area contributed by atoms with E-state index in [0.29, 0.717) is 6.04 Å². The summed E-state index contributed by atoms with van der Waals surface area (Å²) in [5, 5.41) is 1.89. The number of halogens is 1. The second-order valence-corrected chi connectivity index (χ2v) is 6.95. The molecular formula is C15H21ClN2S. The third-order valence-electron chi connectivity index (χ3n) is 3.37. The van der Waals surface area contributed by atoms with Gasteiger partial charge in [-0.1, -0.05) is 37.2 Å². The SMILES string of the molecule is Cc1cc(Cl)ccc1N=C1SCC(CC(C)C)N1C. The Labute approximate surface area is 125 Å². The van der Waals surface area contributed by atoms with E-state index in [-0.39, 0.29) is 0 Å². The van der Waals surface area contributed by atoms with Crippen molar-refractivity contribution in [2.24, 2.45) is 10.9 Å². The van der Waals surface area contributed by atoms with Gasteiger partial charge in [0.05, 0.1) is 5.69 Å². The molecule has 0 amide bonds. The maximum absolute atomic E-state index is 5.98. The number of amidine groups is 1. The van der Waals surface area contributed by atoms with Gasteiger partial charge in [-0.15, -0.1) is 0 Å².